The van der Waals surface area contributed by atoms with Crippen LogP contribution in [0.1, 0.15) is 25.3 Å². The zero-order valence-electron chi connectivity index (χ0n) is 10.5. The predicted octanol–water partition coefficient (Wildman–Crippen LogP) is 3.21. The molecule has 19 heavy (non-hydrogen) atoms. The summed E-state index contributed by atoms with van der Waals surface area (Å²) in [6, 6.07) is 4.22. The van der Waals surface area contributed by atoms with Gasteiger partial charge in [0.15, 0.2) is 0 Å². The van der Waals surface area contributed by atoms with Gasteiger partial charge in [0.2, 0.25) is 0 Å². The van der Waals surface area contributed by atoms with Gasteiger partial charge in [-0.15, -0.1) is 0 Å². The summed E-state index contributed by atoms with van der Waals surface area (Å²) in [4.78, 5) is 25.0. The first-order chi connectivity index (χ1) is 9.02. The molecular weight excluding hydrogens is 287 g/mol. The Kier molecular flexibility index (Phi) is 4.32. The number of amides is 3. The second-order valence-electron chi connectivity index (χ2n) is 4.45. The molecule has 1 saturated heterocycles. The zero-order valence-corrected chi connectivity index (χ0v) is 12.0. The topological polar surface area (TPSA) is 49.4 Å². The summed E-state index contributed by atoms with van der Waals surface area (Å²) in [6.45, 7) is 2.14. The fourth-order valence-corrected chi connectivity index (χ4v) is 2.50. The van der Waals surface area contributed by atoms with Crippen molar-refractivity contribution in [1.29, 1.82) is 0 Å². The van der Waals surface area contributed by atoms with Crippen molar-refractivity contribution in [3.8, 4) is 0 Å². The zero-order chi connectivity index (χ0) is 14.0. The molecule has 1 atom stereocenters. The number of halogens is 2. The van der Waals surface area contributed by atoms with Crippen LogP contribution >= 0.6 is 23.2 Å². The molecule has 0 bridgehead atoms. The Balaban J connectivity index is 2.14. The molecule has 1 aliphatic heterocycles. The number of nitrogens with one attached hydrogen (secondary N) is 1. The number of nitrogens with zero attached hydrogens (tertiary/aromatic N) is 1. The van der Waals surface area contributed by atoms with Gasteiger partial charge < -0.3 is 5.32 Å². The maximum absolute atomic E-state index is 12.1. The number of benzene rings is 1. The number of urea groups is 1. The third-order valence-corrected chi connectivity index (χ3v) is 3.61. The Morgan fingerprint density at radius 1 is 1.32 bits per heavy atom. The Bertz CT molecular complexity index is 519. The van der Waals surface area contributed by atoms with E-state index in [0.29, 0.717) is 22.0 Å². The number of hydrogen-bond donors (Lipinski definition) is 1. The number of rotatable bonds is 4. The van der Waals surface area contributed by atoms with Gasteiger partial charge in [0.05, 0.1) is 6.54 Å². The fraction of sp³-hybridized carbons (Fsp3) is 0.385. The first-order valence-electron chi connectivity index (χ1n) is 6.08. The van der Waals surface area contributed by atoms with Crippen molar-refractivity contribution < 1.29 is 9.59 Å². The van der Waals surface area contributed by atoms with Crippen LogP contribution in [0.25, 0.3) is 0 Å². The smallest absolute Gasteiger partial charge is 0.325 e. The highest BCUT2D eigenvalue weighted by atomic mass is 35.5. The van der Waals surface area contributed by atoms with Gasteiger partial charge in [-0.2, -0.15) is 0 Å². The average Bonchev–Trinajstić information content (AvgIpc) is 2.60. The lowest BCUT2D eigenvalue weighted by molar-refractivity contribution is -0.128. The first-order valence-corrected chi connectivity index (χ1v) is 6.84. The van der Waals surface area contributed by atoms with Crippen LogP contribution in [0, 0.1) is 0 Å². The summed E-state index contributed by atoms with van der Waals surface area (Å²) in [7, 11) is 0. The molecule has 1 unspecified atom stereocenters. The molecule has 2 rings (SSSR count). The molecule has 3 amide bonds. The van der Waals surface area contributed by atoms with Crippen molar-refractivity contribution in [3.05, 3.63) is 33.8 Å². The second-order valence-corrected chi connectivity index (χ2v) is 5.29. The molecule has 1 aliphatic rings. The molecule has 0 aromatic heterocycles. The molecule has 102 valence electrons. The Hall–Kier alpha value is -1.26. The van der Waals surface area contributed by atoms with Gasteiger partial charge in [0.1, 0.15) is 6.04 Å². The third-order valence-electron chi connectivity index (χ3n) is 3.03. The molecule has 1 aromatic carbocycles. The van der Waals surface area contributed by atoms with E-state index < -0.39 is 6.04 Å². The lowest BCUT2D eigenvalue weighted by atomic mass is 10.1. The molecule has 6 heteroatoms. The van der Waals surface area contributed by atoms with Gasteiger partial charge in [0.25, 0.3) is 5.91 Å². The number of carbonyl (C=O) groups excluding carboxylic acids is 2. The van der Waals surface area contributed by atoms with Gasteiger partial charge in [-0.05, 0) is 24.1 Å². The summed E-state index contributed by atoms with van der Waals surface area (Å²) in [6.07, 6.45) is 1.49. The Labute approximate surface area is 121 Å². The molecule has 1 heterocycles. The third kappa shape index (κ3) is 3.01. The van der Waals surface area contributed by atoms with Crippen LogP contribution < -0.4 is 5.32 Å². The van der Waals surface area contributed by atoms with Crippen molar-refractivity contribution >= 4 is 35.1 Å². The number of imide groups is 1. The van der Waals surface area contributed by atoms with E-state index in [1.807, 2.05) is 6.92 Å². The van der Waals surface area contributed by atoms with Gasteiger partial charge in [0, 0.05) is 10.0 Å². The summed E-state index contributed by atoms with van der Waals surface area (Å²) in [5, 5.41) is 3.65. The normalized spacial score (nSPS) is 18.9. The Morgan fingerprint density at radius 3 is 2.68 bits per heavy atom. The lowest BCUT2D eigenvalue weighted by Crippen LogP contribution is -2.31. The van der Waals surface area contributed by atoms with E-state index in [0.717, 1.165) is 6.42 Å². The summed E-state index contributed by atoms with van der Waals surface area (Å²) >= 11 is 11.9. The van der Waals surface area contributed by atoms with Crippen LogP contribution in [0.2, 0.25) is 10.0 Å². The summed E-state index contributed by atoms with van der Waals surface area (Å²) in [5.41, 5.74) is 0.701. The van der Waals surface area contributed by atoms with Crippen LogP contribution in [0.3, 0.4) is 0 Å². The minimum atomic E-state index is -0.413. The molecular formula is C13H14Cl2N2O2. The molecule has 1 fully saturated rings. The van der Waals surface area contributed by atoms with Crippen molar-refractivity contribution in [2.75, 3.05) is 0 Å². The summed E-state index contributed by atoms with van der Waals surface area (Å²) in [5.74, 6) is -0.196. The SMILES string of the molecule is CCCC1NC(=O)N(Cc2ccc(Cl)cc2Cl)C1=O. The van der Waals surface area contributed by atoms with E-state index in [9.17, 15) is 9.59 Å². The van der Waals surface area contributed by atoms with Crippen molar-refractivity contribution in [2.45, 2.75) is 32.4 Å². The quantitative estimate of drug-likeness (QED) is 0.868. The van der Waals surface area contributed by atoms with E-state index in [2.05, 4.69) is 5.32 Å². The maximum atomic E-state index is 12.1. The van der Waals surface area contributed by atoms with Gasteiger partial charge in [-0.1, -0.05) is 42.6 Å². The van der Waals surface area contributed by atoms with Gasteiger partial charge in [-0.25, -0.2) is 4.79 Å². The molecule has 4 nitrogen and oxygen atoms in total. The molecule has 1 N–H and O–H groups in total. The molecule has 0 spiro atoms. The van der Waals surface area contributed by atoms with Crippen molar-refractivity contribution in [1.82, 2.24) is 10.2 Å². The van der Waals surface area contributed by atoms with E-state index in [4.69, 9.17) is 23.2 Å². The minimum absolute atomic E-state index is 0.168. The van der Waals surface area contributed by atoms with Crippen molar-refractivity contribution in [3.63, 3.8) is 0 Å². The second kappa shape index (κ2) is 5.80. The largest absolute Gasteiger partial charge is 0.326 e. The average molecular weight is 301 g/mol. The van der Waals surface area contributed by atoms with Crippen LogP contribution in [-0.2, 0) is 11.3 Å². The predicted molar refractivity (Wildman–Crippen MR) is 74.2 cm³/mol. The molecule has 0 radical (unpaired) electrons. The van der Waals surface area contributed by atoms with E-state index in [1.165, 1.54) is 4.90 Å². The van der Waals surface area contributed by atoms with E-state index >= 15 is 0 Å². The minimum Gasteiger partial charge on any atom is -0.326 e. The highest BCUT2D eigenvalue weighted by Gasteiger charge is 2.37. The highest BCUT2D eigenvalue weighted by Crippen LogP contribution is 2.24. The highest BCUT2D eigenvalue weighted by molar-refractivity contribution is 6.35. The number of hydrogen-bond acceptors (Lipinski definition) is 2. The monoisotopic (exact) mass is 300 g/mol. The first kappa shape index (κ1) is 14.2. The van der Waals surface area contributed by atoms with Gasteiger partial charge >= 0.3 is 6.03 Å². The standard InChI is InChI=1S/C13H14Cl2N2O2/c1-2-3-11-12(18)17(13(19)16-11)7-8-4-5-9(14)6-10(8)15/h4-6,11H,2-3,7H2,1H3,(H,16,19). The molecule has 0 saturated carbocycles. The Morgan fingerprint density at radius 2 is 2.05 bits per heavy atom. The number of carbonyl (C=O) groups is 2. The van der Waals surface area contributed by atoms with E-state index in [-0.39, 0.29) is 18.5 Å². The van der Waals surface area contributed by atoms with E-state index in [1.54, 1.807) is 18.2 Å². The fourth-order valence-electron chi connectivity index (χ4n) is 2.03. The van der Waals surface area contributed by atoms with Crippen LogP contribution in [0.5, 0.6) is 0 Å². The summed E-state index contributed by atoms with van der Waals surface area (Å²) < 4.78 is 0. The molecule has 0 aliphatic carbocycles. The maximum Gasteiger partial charge on any atom is 0.325 e. The molecule has 1 aromatic rings. The lowest BCUT2D eigenvalue weighted by Gasteiger charge is -2.14. The van der Waals surface area contributed by atoms with Crippen LogP contribution in [0.4, 0.5) is 4.79 Å². The van der Waals surface area contributed by atoms with Crippen molar-refractivity contribution in [2.24, 2.45) is 0 Å². The van der Waals surface area contributed by atoms with Crippen LogP contribution in [0.15, 0.2) is 18.2 Å². The van der Waals surface area contributed by atoms with Crippen LogP contribution in [-0.4, -0.2) is 22.9 Å². The van der Waals surface area contributed by atoms with Gasteiger partial charge in [-0.3, -0.25) is 9.69 Å².